The van der Waals surface area contributed by atoms with E-state index in [0.29, 0.717) is 19.7 Å². The lowest BCUT2D eigenvalue weighted by Crippen LogP contribution is -2.59. The number of aryl methyl sites for hydroxylation is 1. The Balaban J connectivity index is 1.54. The summed E-state index contributed by atoms with van der Waals surface area (Å²) in [6, 6.07) is 1.96. The van der Waals surface area contributed by atoms with Crippen LogP contribution in [-0.2, 0) is 27.9 Å². The smallest absolute Gasteiger partial charge is 0.242 e. The average molecular weight is 390 g/mol. The number of ketones is 1. The van der Waals surface area contributed by atoms with Crippen LogP contribution in [0.3, 0.4) is 0 Å². The summed E-state index contributed by atoms with van der Waals surface area (Å²) >= 11 is 0. The van der Waals surface area contributed by atoms with Crippen molar-refractivity contribution >= 4 is 17.6 Å². The summed E-state index contributed by atoms with van der Waals surface area (Å²) in [4.78, 5) is 39.1. The molecular formula is C20H30N4O4. The largest absolute Gasteiger partial charge is 0.371 e. The Bertz CT molecular complexity index is 749. The van der Waals surface area contributed by atoms with Crippen LogP contribution in [-0.4, -0.2) is 76.9 Å². The molecule has 0 aromatic carbocycles. The van der Waals surface area contributed by atoms with Crippen LogP contribution in [0, 0.1) is 0 Å². The first kappa shape index (κ1) is 20.5. The molecule has 0 radical (unpaired) electrons. The summed E-state index contributed by atoms with van der Waals surface area (Å²) in [5.41, 5.74) is 1.58. The van der Waals surface area contributed by atoms with Crippen molar-refractivity contribution < 1.29 is 19.1 Å². The number of aromatic nitrogens is 1. The van der Waals surface area contributed by atoms with Crippen LogP contribution < -0.4 is 5.32 Å². The highest BCUT2D eigenvalue weighted by Gasteiger charge is 2.40. The Labute approximate surface area is 165 Å². The molecule has 0 aliphatic carbocycles. The van der Waals surface area contributed by atoms with Crippen molar-refractivity contribution in [1.82, 2.24) is 19.7 Å². The minimum Gasteiger partial charge on any atom is -0.371 e. The third kappa shape index (κ3) is 4.80. The third-order valence-corrected chi connectivity index (χ3v) is 5.76. The number of piperidine rings is 1. The van der Waals surface area contributed by atoms with Crippen LogP contribution in [0.1, 0.15) is 42.7 Å². The van der Waals surface area contributed by atoms with Crippen molar-refractivity contribution in [1.29, 1.82) is 0 Å². The van der Waals surface area contributed by atoms with Gasteiger partial charge in [-0.2, -0.15) is 0 Å². The molecule has 8 heteroatoms. The van der Waals surface area contributed by atoms with Crippen molar-refractivity contribution in [2.75, 3.05) is 39.3 Å². The molecule has 0 bridgehead atoms. The van der Waals surface area contributed by atoms with Crippen molar-refractivity contribution in [2.24, 2.45) is 7.05 Å². The standard InChI is InChI=1S/C20H30N4O4/c1-15(25)17-10-18(22(3)12-17)13-23-6-4-20(5-7-23)14-24(8-9-28-20)19(27)11-21-16(2)26/h10,12H,4-9,11,13-14H2,1-3H3,(H,21,26). The number of amides is 2. The number of hydrogen-bond donors (Lipinski definition) is 1. The Kier molecular flexibility index (Phi) is 6.20. The Morgan fingerprint density at radius 2 is 1.89 bits per heavy atom. The molecule has 0 unspecified atom stereocenters. The highest BCUT2D eigenvalue weighted by molar-refractivity contribution is 5.94. The van der Waals surface area contributed by atoms with Gasteiger partial charge in [-0.05, 0) is 25.8 Å². The predicted octanol–water partition coefficient (Wildman–Crippen LogP) is 0.557. The lowest BCUT2D eigenvalue weighted by atomic mass is 9.89. The zero-order valence-corrected chi connectivity index (χ0v) is 17.0. The fourth-order valence-electron chi connectivity index (χ4n) is 3.98. The molecule has 1 aromatic heterocycles. The average Bonchev–Trinajstić information content (AvgIpc) is 3.03. The Morgan fingerprint density at radius 3 is 2.50 bits per heavy atom. The summed E-state index contributed by atoms with van der Waals surface area (Å²) in [6.07, 6.45) is 3.60. The topological polar surface area (TPSA) is 83.9 Å². The fourth-order valence-corrected chi connectivity index (χ4v) is 3.98. The van der Waals surface area contributed by atoms with Crippen molar-refractivity contribution in [3.63, 3.8) is 0 Å². The summed E-state index contributed by atoms with van der Waals surface area (Å²) in [6.45, 7) is 7.29. The number of Topliss-reactive ketones (excluding diaryl/α,β-unsaturated/α-hetero) is 1. The number of likely N-dealkylation sites (tertiary alicyclic amines) is 1. The van der Waals surface area contributed by atoms with E-state index >= 15 is 0 Å². The second-order valence-corrected chi connectivity index (χ2v) is 7.92. The lowest BCUT2D eigenvalue weighted by Gasteiger charge is -2.47. The van der Waals surface area contributed by atoms with E-state index in [-0.39, 0.29) is 29.7 Å². The number of carbonyl (C=O) groups excluding carboxylic acids is 3. The van der Waals surface area contributed by atoms with E-state index in [1.165, 1.54) is 6.92 Å². The molecule has 3 rings (SSSR count). The lowest BCUT2D eigenvalue weighted by molar-refractivity contribution is -0.159. The van der Waals surface area contributed by atoms with Crippen LogP contribution in [0.5, 0.6) is 0 Å². The summed E-state index contributed by atoms with van der Waals surface area (Å²) in [7, 11) is 1.97. The maximum Gasteiger partial charge on any atom is 0.242 e. The van der Waals surface area contributed by atoms with Gasteiger partial charge in [0.2, 0.25) is 11.8 Å². The van der Waals surface area contributed by atoms with Gasteiger partial charge in [0.05, 0.1) is 18.8 Å². The van der Waals surface area contributed by atoms with Gasteiger partial charge in [0.1, 0.15) is 0 Å². The zero-order chi connectivity index (χ0) is 20.3. The summed E-state index contributed by atoms with van der Waals surface area (Å²) in [5, 5.41) is 2.58. The summed E-state index contributed by atoms with van der Waals surface area (Å²) < 4.78 is 8.13. The van der Waals surface area contributed by atoms with E-state index in [1.54, 1.807) is 6.92 Å². The minimum atomic E-state index is -0.292. The molecule has 0 saturated carbocycles. The van der Waals surface area contributed by atoms with Crippen molar-refractivity contribution in [3.05, 3.63) is 23.5 Å². The molecule has 28 heavy (non-hydrogen) atoms. The van der Waals surface area contributed by atoms with Gasteiger partial charge in [-0.3, -0.25) is 19.3 Å². The monoisotopic (exact) mass is 390 g/mol. The highest BCUT2D eigenvalue weighted by atomic mass is 16.5. The molecule has 2 aliphatic rings. The van der Waals surface area contributed by atoms with Gasteiger partial charge in [-0.15, -0.1) is 0 Å². The number of morpholine rings is 1. The van der Waals surface area contributed by atoms with Gasteiger partial charge in [0.15, 0.2) is 5.78 Å². The van der Waals surface area contributed by atoms with Gasteiger partial charge in [-0.25, -0.2) is 0 Å². The van der Waals surface area contributed by atoms with E-state index in [0.717, 1.165) is 43.7 Å². The molecule has 2 amide bonds. The number of rotatable bonds is 5. The highest BCUT2D eigenvalue weighted by Crippen LogP contribution is 2.31. The van der Waals surface area contributed by atoms with Crippen LogP contribution in [0.4, 0.5) is 0 Å². The van der Waals surface area contributed by atoms with Crippen molar-refractivity contribution in [2.45, 2.75) is 38.8 Å². The van der Waals surface area contributed by atoms with E-state index in [1.807, 2.05) is 28.8 Å². The van der Waals surface area contributed by atoms with E-state index < -0.39 is 0 Å². The first-order valence-corrected chi connectivity index (χ1v) is 9.83. The van der Waals surface area contributed by atoms with Gasteiger partial charge in [0, 0.05) is 64.1 Å². The van der Waals surface area contributed by atoms with Gasteiger partial charge >= 0.3 is 0 Å². The molecule has 8 nitrogen and oxygen atoms in total. The molecule has 154 valence electrons. The van der Waals surface area contributed by atoms with E-state index in [9.17, 15) is 14.4 Å². The maximum absolute atomic E-state index is 12.3. The normalized spacial score (nSPS) is 19.6. The van der Waals surface area contributed by atoms with E-state index in [4.69, 9.17) is 4.74 Å². The Hall–Kier alpha value is -2.19. The number of hydrogen-bond acceptors (Lipinski definition) is 5. The Morgan fingerprint density at radius 1 is 1.18 bits per heavy atom. The molecule has 1 spiro atoms. The van der Waals surface area contributed by atoms with E-state index in [2.05, 4.69) is 10.2 Å². The third-order valence-electron chi connectivity index (χ3n) is 5.76. The fraction of sp³-hybridized carbons (Fsp3) is 0.650. The first-order valence-electron chi connectivity index (χ1n) is 9.83. The van der Waals surface area contributed by atoms with Crippen molar-refractivity contribution in [3.8, 4) is 0 Å². The number of nitrogens with zero attached hydrogens (tertiary/aromatic N) is 3. The van der Waals surface area contributed by atoms with Gasteiger partial charge in [0.25, 0.3) is 0 Å². The molecule has 2 saturated heterocycles. The van der Waals surface area contributed by atoms with Gasteiger partial charge in [-0.1, -0.05) is 0 Å². The molecule has 3 heterocycles. The van der Waals surface area contributed by atoms with Crippen LogP contribution in [0.25, 0.3) is 0 Å². The van der Waals surface area contributed by atoms with Crippen LogP contribution in [0.2, 0.25) is 0 Å². The number of nitrogens with one attached hydrogen (secondary N) is 1. The number of carbonyl (C=O) groups is 3. The summed E-state index contributed by atoms with van der Waals surface area (Å²) in [5.74, 6) is -0.168. The zero-order valence-electron chi connectivity index (χ0n) is 17.0. The SMILES string of the molecule is CC(=O)NCC(=O)N1CCOC2(CCN(Cc3cc(C(C)=O)cn3C)CC2)C1. The molecule has 1 aromatic rings. The van der Waals surface area contributed by atoms with Crippen LogP contribution in [0.15, 0.2) is 12.3 Å². The second-order valence-electron chi connectivity index (χ2n) is 7.92. The molecule has 2 aliphatic heterocycles. The maximum atomic E-state index is 12.3. The van der Waals surface area contributed by atoms with Crippen LogP contribution >= 0.6 is 0 Å². The molecule has 2 fully saturated rings. The quantitative estimate of drug-likeness (QED) is 0.743. The molecule has 1 N–H and O–H groups in total. The minimum absolute atomic E-state index is 0.0451. The molecular weight excluding hydrogens is 360 g/mol. The first-order chi connectivity index (χ1) is 13.3. The molecule has 0 atom stereocenters. The predicted molar refractivity (Wildman–Crippen MR) is 104 cm³/mol. The number of ether oxygens (including phenoxy) is 1. The second kappa shape index (κ2) is 8.45. The van der Waals surface area contributed by atoms with Gasteiger partial charge < -0.3 is 19.5 Å².